The van der Waals surface area contributed by atoms with Crippen LogP contribution in [0.25, 0.3) is 0 Å². The Morgan fingerprint density at radius 2 is 2.40 bits per heavy atom. The van der Waals surface area contributed by atoms with Gasteiger partial charge in [-0.1, -0.05) is 15.9 Å². The molecule has 1 heterocycles. The quantitative estimate of drug-likeness (QED) is 0.692. The van der Waals surface area contributed by atoms with Crippen LogP contribution in [0.15, 0.2) is 23.1 Å². The molecule has 2 nitrogen and oxygen atoms in total. The van der Waals surface area contributed by atoms with Gasteiger partial charge in [0.25, 0.3) is 0 Å². The highest BCUT2D eigenvalue weighted by molar-refractivity contribution is 9.09. The van der Waals surface area contributed by atoms with Gasteiger partial charge in [0.15, 0.2) is 0 Å². The van der Waals surface area contributed by atoms with Crippen molar-refractivity contribution in [1.82, 2.24) is 4.98 Å². The monoisotopic (exact) mass is 201 g/mol. The predicted molar refractivity (Wildman–Crippen MR) is 44.4 cm³/mol. The summed E-state index contributed by atoms with van der Waals surface area (Å²) in [6.45, 7) is 1.98. The molecule has 0 spiro atoms. The Kier molecular flexibility index (Phi) is 2.27. The lowest BCUT2D eigenvalue weighted by atomic mass is 10.2. The maximum absolute atomic E-state index is 10.7. The van der Waals surface area contributed by atoms with E-state index in [1.165, 1.54) is 0 Å². The van der Waals surface area contributed by atoms with Crippen molar-refractivity contribution in [2.45, 2.75) is 11.8 Å². The second kappa shape index (κ2) is 3.01. The number of pyridine rings is 1. The third-order valence-electron chi connectivity index (χ3n) is 1.26. The van der Waals surface area contributed by atoms with Crippen LogP contribution < -0.4 is 5.56 Å². The molecule has 0 aliphatic rings. The zero-order chi connectivity index (χ0) is 7.56. The largest absolute Gasteiger partial charge is 0.329 e. The molecule has 0 bridgehead atoms. The first kappa shape index (κ1) is 7.54. The number of alkyl halides is 1. The Morgan fingerprint density at radius 3 is 2.80 bits per heavy atom. The van der Waals surface area contributed by atoms with Gasteiger partial charge in [0, 0.05) is 17.1 Å². The van der Waals surface area contributed by atoms with Crippen molar-refractivity contribution in [3.05, 3.63) is 34.2 Å². The van der Waals surface area contributed by atoms with Crippen LogP contribution >= 0.6 is 15.9 Å². The molecule has 0 aliphatic carbocycles. The van der Waals surface area contributed by atoms with Gasteiger partial charge in [-0.3, -0.25) is 4.79 Å². The van der Waals surface area contributed by atoms with E-state index in [4.69, 9.17) is 0 Å². The zero-order valence-electron chi connectivity index (χ0n) is 5.60. The van der Waals surface area contributed by atoms with Crippen LogP contribution in [0.3, 0.4) is 0 Å². The van der Waals surface area contributed by atoms with E-state index in [-0.39, 0.29) is 10.4 Å². The molecule has 1 unspecified atom stereocenters. The van der Waals surface area contributed by atoms with Crippen LogP contribution in [0, 0.1) is 0 Å². The Labute approximate surface area is 67.4 Å². The molecule has 1 rings (SSSR count). The number of aromatic amines is 1. The molecule has 1 N–H and O–H groups in total. The van der Waals surface area contributed by atoms with Crippen LogP contribution in [0.5, 0.6) is 0 Å². The Hall–Kier alpha value is -0.570. The number of hydrogen-bond donors (Lipinski definition) is 1. The normalized spacial score (nSPS) is 13.0. The average Bonchev–Trinajstić information content (AvgIpc) is 1.88. The molecule has 0 saturated carbocycles. The fourth-order valence-electron chi connectivity index (χ4n) is 0.709. The van der Waals surface area contributed by atoms with E-state index in [1.807, 2.05) is 13.0 Å². The van der Waals surface area contributed by atoms with Crippen LogP contribution in [0.1, 0.15) is 17.3 Å². The van der Waals surface area contributed by atoms with Crippen molar-refractivity contribution in [2.24, 2.45) is 0 Å². The molecule has 1 aromatic rings. The van der Waals surface area contributed by atoms with Gasteiger partial charge >= 0.3 is 0 Å². The highest BCUT2D eigenvalue weighted by Gasteiger charge is 1.98. The minimum atomic E-state index is -0.0520. The predicted octanol–water partition coefficient (Wildman–Crippen LogP) is 1.83. The van der Waals surface area contributed by atoms with Gasteiger partial charge in [-0.05, 0) is 18.6 Å². The maximum atomic E-state index is 10.7. The van der Waals surface area contributed by atoms with Crippen molar-refractivity contribution in [1.29, 1.82) is 0 Å². The number of aromatic nitrogens is 1. The molecular weight excluding hydrogens is 194 g/mol. The molecule has 1 atom stereocenters. The summed E-state index contributed by atoms with van der Waals surface area (Å²) < 4.78 is 0. The van der Waals surface area contributed by atoms with Crippen LogP contribution in [0.4, 0.5) is 0 Å². The van der Waals surface area contributed by atoms with E-state index in [2.05, 4.69) is 20.9 Å². The highest BCUT2D eigenvalue weighted by atomic mass is 79.9. The summed E-state index contributed by atoms with van der Waals surface area (Å²) >= 11 is 3.36. The standard InChI is InChI=1S/C7H8BrNO/c1-5(8)6-2-3-9-7(10)4-6/h2-5H,1H3,(H,9,10). The molecule has 0 amide bonds. The minimum Gasteiger partial charge on any atom is -0.329 e. The van der Waals surface area contributed by atoms with Gasteiger partial charge in [-0.25, -0.2) is 0 Å². The second-order valence-corrected chi connectivity index (χ2v) is 3.48. The first-order valence-corrected chi connectivity index (χ1v) is 3.94. The van der Waals surface area contributed by atoms with Gasteiger partial charge in [-0.2, -0.15) is 0 Å². The second-order valence-electron chi connectivity index (χ2n) is 2.10. The minimum absolute atomic E-state index is 0.0520. The molecular formula is C7H8BrNO. The first-order chi connectivity index (χ1) is 4.70. The van der Waals surface area contributed by atoms with E-state index in [9.17, 15) is 4.79 Å². The van der Waals surface area contributed by atoms with E-state index in [0.29, 0.717) is 0 Å². The smallest absolute Gasteiger partial charge is 0.248 e. The van der Waals surface area contributed by atoms with Gasteiger partial charge in [0.2, 0.25) is 5.56 Å². The maximum Gasteiger partial charge on any atom is 0.248 e. The van der Waals surface area contributed by atoms with E-state index >= 15 is 0 Å². The number of H-pyrrole nitrogens is 1. The molecule has 1 aromatic heterocycles. The molecule has 0 aliphatic heterocycles. The first-order valence-electron chi connectivity index (χ1n) is 3.03. The Morgan fingerprint density at radius 1 is 1.70 bits per heavy atom. The van der Waals surface area contributed by atoms with Crippen molar-refractivity contribution in [3.8, 4) is 0 Å². The van der Waals surface area contributed by atoms with Crippen LogP contribution in [-0.4, -0.2) is 4.98 Å². The highest BCUT2D eigenvalue weighted by Crippen LogP contribution is 2.18. The van der Waals surface area contributed by atoms with Crippen molar-refractivity contribution in [3.63, 3.8) is 0 Å². The lowest BCUT2D eigenvalue weighted by Crippen LogP contribution is -2.03. The van der Waals surface area contributed by atoms with E-state index in [0.717, 1.165) is 5.56 Å². The zero-order valence-corrected chi connectivity index (χ0v) is 7.18. The van der Waals surface area contributed by atoms with Crippen molar-refractivity contribution >= 4 is 15.9 Å². The average molecular weight is 202 g/mol. The topological polar surface area (TPSA) is 32.9 Å². The summed E-state index contributed by atoms with van der Waals surface area (Å²) in [7, 11) is 0. The molecule has 0 radical (unpaired) electrons. The van der Waals surface area contributed by atoms with Gasteiger partial charge in [-0.15, -0.1) is 0 Å². The van der Waals surface area contributed by atoms with Crippen molar-refractivity contribution < 1.29 is 0 Å². The van der Waals surface area contributed by atoms with Gasteiger partial charge in [0.05, 0.1) is 0 Å². The third kappa shape index (κ3) is 1.70. The molecule has 0 saturated heterocycles. The Balaban J connectivity index is 3.07. The summed E-state index contributed by atoms with van der Waals surface area (Å²) in [6, 6.07) is 3.46. The summed E-state index contributed by atoms with van der Waals surface area (Å²) in [5.74, 6) is 0. The van der Waals surface area contributed by atoms with Crippen LogP contribution in [0.2, 0.25) is 0 Å². The lowest BCUT2D eigenvalue weighted by molar-refractivity contribution is 1.09. The molecule has 10 heavy (non-hydrogen) atoms. The summed E-state index contributed by atoms with van der Waals surface area (Å²) in [5, 5.41) is 0. The van der Waals surface area contributed by atoms with Gasteiger partial charge in [0.1, 0.15) is 0 Å². The molecule has 0 aromatic carbocycles. The Bertz CT molecular complexity index is 266. The molecule has 3 heteroatoms. The SMILES string of the molecule is CC(Br)c1cc[nH]c(=O)c1. The summed E-state index contributed by atoms with van der Waals surface area (Å²) in [4.78, 5) is 13.5. The third-order valence-corrected chi connectivity index (χ3v) is 1.79. The summed E-state index contributed by atoms with van der Waals surface area (Å²) in [5.41, 5.74) is 0.951. The number of rotatable bonds is 1. The molecule has 0 fully saturated rings. The number of hydrogen-bond acceptors (Lipinski definition) is 1. The molecule has 54 valence electrons. The van der Waals surface area contributed by atoms with E-state index in [1.54, 1.807) is 12.3 Å². The lowest BCUT2D eigenvalue weighted by Gasteiger charge is -1.99. The number of halogens is 1. The number of nitrogens with one attached hydrogen (secondary N) is 1. The fraction of sp³-hybridized carbons (Fsp3) is 0.286. The summed E-state index contributed by atoms with van der Waals surface area (Å²) in [6.07, 6.45) is 1.65. The van der Waals surface area contributed by atoms with Gasteiger partial charge < -0.3 is 4.98 Å². The van der Waals surface area contributed by atoms with Crippen molar-refractivity contribution in [2.75, 3.05) is 0 Å². The van der Waals surface area contributed by atoms with Crippen LogP contribution in [-0.2, 0) is 0 Å². The fourth-order valence-corrected chi connectivity index (χ4v) is 0.993. The van der Waals surface area contributed by atoms with E-state index < -0.39 is 0 Å².